The Morgan fingerprint density at radius 2 is 2.10 bits per heavy atom. The first kappa shape index (κ1) is 15.1. The summed E-state index contributed by atoms with van der Waals surface area (Å²) in [6, 6.07) is 6.75. The van der Waals surface area contributed by atoms with Gasteiger partial charge in [-0.3, -0.25) is 4.79 Å². The molecule has 1 N–H and O–H groups in total. The second kappa shape index (κ2) is 6.43. The molecule has 1 heterocycles. The van der Waals surface area contributed by atoms with Crippen molar-refractivity contribution in [1.29, 1.82) is 0 Å². The number of methoxy groups -OCH3 is 1. The van der Waals surface area contributed by atoms with Gasteiger partial charge in [-0.1, -0.05) is 39.1 Å². The van der Waals surface area contributed by atoms with Crippen molar-refractivity contribution in [3.8, 4) is 5.75 Å². The van der Waals surface area contributed by atoms with Crippen LogP contribution in [0.25, 0.3) is 0 Å². The predicted octanol–water partition coefficient (Wildman–Crippen LogP) is 4.41. The van der Waals surface area contributed by atoms with Gasteiger partial charge >= 0.3 is 0 Å². The highest BCUT2D eigenvalue weighted by atomic mass is 79.9. The van der Waals surface area contributed by atoms with Crippen LogP contribution in [0.1, 0.15) is 10.4 Å². The van der Waals surface area contributed by atoms with Gasteiger partial charge in [0.2, 0.25) is 0 Å². The quantitative estimate of drug-likeness (QED) is 0.808. The molecule has 20 heavy (non-hydrogen) atoms. The SMILES string of the molecule is COc1ccc(Br)cc1NC(=O)c1cnc(Cl)c(Cl)c1. The van der Waals surface area contributed by atoms with Gasteiger partial charge in [-0.2, -0.15) is 0 Å². The lowest BCUT2D eigenvalue weighted by molar-refractivity contribution is 0.102. The van der Waals surface area contributed by atoms with E-state index in [0.29, 0.717) is 17.0 Å². The Morgan fingerprint density at radius 1 is 1.35 bits per heavy atom. The minimum Gasteiger partial charge on any atom is -0.495 e. The molecule has 0 fully saturated rings. The number of halogens is 3. The number of benzene rings is 1. The monoisotopic (exact) mass is 374 g/mol. The highest BCUT2D eigenvalue weighted by Gasteiger charge is 2.12. The Labute approximate surface area is 134 Å². The van der Waals surface area contributed by atoms with E-state index in [9.17, 15) is 4.79 Å². The Bertz CT molecular complexity index is 665. The Hall–Kier alpha value is -1.30. The van der Waals surface area contributed by atoms with Gasteiger partial charge < -0.3 is 10.1 Å². The van der Waals surface area contributed by atoms with Crippen LogP contribution in [0.3, 0.4) is 0 Å². The van der Waals surface area contributed by atoms with Gasteiger partial charge in [0, 0.05) is 10.7 Å². The van der Waals surface area contributed by atoms with E-state index >= 15 is 0 Å². The molecule has 1 aromatic carbocycles. The van der Waals surface area contributed by atoms with E-state index in [0.717, 1.165) is 4.47 Å². The van der Waals surface area contributed by atoms with Crippen molar-refractivity contribution >= 4 is 50.7 Å². The van der Waals surface area contributed by atoms with Gasteiger partial charge in [0.15, 0.2) is 0 Å². The molecule has 2 rings (SSSR count). The first-order chi connectivity index (χ1) is 9.51. The number of nitrogens with zero attached hydrogens (tertiary/aromatic N) is 1. The number of aromatic nitrogens is 1. The fourth-order valence-corrected chi connectivity index (χ4v) is 2.15. The number of anilines is 1. The van der Waals surface area contributed by atoms with E-state index in [1.165, 1.54) is 19.4 Å². The minimum absolute atomic E-state index is 0.156. The molecule has 2 aromatic rings. The average Bonchev–Trinajstić information content (AvgIpc) is 2.42. The average molecular weight is 376 g/mol. The van der Waals surface area contributed by atoms with Crippen LogP contribution in [0.15, 0.2) is 34.9 Å². The highest BCUT2D eigenvalue weighted by molar-refractivity contribution is 9.10. The first-order valence-electron chi connectivity index (χ1n) is 5.47. The molecular formula is C13H9BrCl2N2O2. The molecule has 0 atom stereocenters. The van der Waals surface area contributed by atoms with E-state index in [-0.39, 0.29) is 16.1 Å². The van der Waals surface area contributed by atoms with Gasteiger partial charge in [-0.15, -0.1) is 0 Å². The van der Waals surface area contributed by atoms with Crippen LogP contribution in [0, 0.1) is 0 Å². The summed E-state index contributed by atoms with van der Waals surface area (Å²) in [4.78, 5) is 16.0. The molecule has 104 valence electrons. The van der Waals surface area contributed by atoms with Crippen molar-refractivity contribution in [3.05, 3.63) is 50.7 Å². The van der Waals surface area contributed by atoms with Crippen LogP contribution in [0.5, 0.6) is 5.75 Å². The predicted molar refractivity (Wildman–Crippen MR) is 82.9 cm³/mol. The van der Waals surface area contributed by atoms with E-state index in [1.54, 1.807) is 12.1 Å². The van der Waals surface area contributed by atoms with Crippen molar-refractivity contribution in [1.82, 2.24) is 4.98 Å². The molecule has 0 saturated heterocycles. The number of carbonyl (C=O) groups excluding carboxylic acids is 1. The third-order valence-corrected chi connectivity index (χ3v) is 3.65. The van der Waals surface area contributed by atoms with Crippen molar-refractivity contribution in [2.24, 2.45) is 0 Å². The Balaban J connectivity index is 2.27. The third-order valence-electron chi connectivity index (χ3n) is 2.47. The maximum Gasteiger partial charge on any atom is 0.257 e. The lowest BCUT2D eigenvalue weighted by Crippen LogP contribution is -2.13. The van der Waals surface area contributed by atoms with E-state index in [1.807, 2.05) is 6.07 Å². The molecule has 0 aliphatic heterocycles. The molecular weight excluding hydrogens is 367 g/mol. The molecule has 0 aliphatic carbocycles. The largest absolute Gasteiger partial charge is 0.495 e. The molecule has 7 heteroatoms. The number of carbonyl (C=O) groups is 1. The number of amides is 1. The van der Waals surface area contributed by atoms with Gasteiger partial charge in [-0.25, -0.2) is 4.98 Å². The van der Waals surface area contributed by atoms with E-state index in [4.69, 9.17) is 27.9 Å². The van der Waals surface area contributed by atoms with Crippen molar-refractivity contribution in [2.45, 2.75) is 0 Å². The second-order valence-corrected chi connectivity index (χ2v) is 5.48. The number of rotatable bonds is 3. The van der Waals surface area contributed by atoms with Crippen LogP contribution in [-0.2, 0) is 0 Å². The van der Waals surface area contributed by atoms with Crippen LogP contribution >= 0.6 is 39.1 Å². The summed E-state index contributed by atoms with van der Waals surface area (Å²) in [7, 11) is 1.53. The number of nitrogens with one attached hydrogen (secondary N) is 1. The summed E-state index contributed by atoms with van der Waals surface area (Å²) >= 11 is 14.9. The Morgan fingerprint density at radius 3 is 2.75 bits per heavy atom. The zero-order valence-electron chi connectivity index (χ0n) is 10.3. The lowest BCUT2D eigenvalue weighted by atomic mass is 10.2. The summed E-state index contributed by atoms with van der Waals surface area (Å²) in [5.74, 6) is 0.196. The van der Waals surface area contributed by atoms with E-state index < -0.39 is 0 Å². The molecule has 0 saturated carbocycles. The second-order valence-electron chi connectivity index (χ2n) is 3.80. The van der Waals surface area contributed by atoms with Crippen molar-refractivity contribution in [2.75, 3.05) is 12.4 Å². The molecule has 0 radical (unpaired) electrons. The summed E-state index contributed by atoms with van der Waals surface area (Å²) in [5, 5.41) is 3.11. The summed E-state index contributed by atoms with van der Waals surface area (Å²) in [5.41, 5.74) is 0.847. The van der Waals surface area contributed by atoms with Crippen molar-refractivity contribution in [3.63, 3.8) is 0 Å². The first-order valence-corrected chi connectivity index (χ1v) is 7.02. The zero-order valence-corrected chi connectivity index (χ0v) is 13.4. The number of ether oxygens (including phenoxy) is 1. The van der Waals surface area contributed by atoms with Crippen molar-refractivity contribution < 1.29 is 9.53 Å². The maximum atomic E-state index is 12.1. The minimum atomic E-state index is -0.354. The van der Waals surface area contributed by atoms with Crippen LogP contribution in [-0.4, -0.2) is 18.0 Å². The van der Waals surface area contributed by atoms with Gasteiger partial charge in [0.1, 0.15) is 10.9 Å². The summed E-state index contributed by atoms with van der Waals surface area (Å²) < 4.78 is 6.00. The third kappa shape index (κ3) is 3.42. The maximum absolute atomic E-state index is 12.1. The number of hydrogen-bond donors (Lipinski definition) is 1. The van der Waals surface area contributed by atoms with Crippen LogP contribution in [0.4, 0.5) is 5.69 Å². The highest BCUT2D eigenvalue weighted by Crippen LogP contribution is 2.28. The molecule has 4 nitrogen and oxygen atoms in total. The topological polar surface area (TPSA) is 51.2 Å². The smallest absolute Gasteiger partial charge is 0.257 e. The zero-order chi connectivity index (χ0) is 14.7. The normalized spacial score (nSPS) is 10.2. The molecule has 1 amide bonds. The van der Waals surface area contributed by atoms with Crippen LogP contribution < -0.4 is 10.1 Å². The number of hydrogen-bond acceptors (Lipinski definition) is 3. The number of pyridine rings is 1. The van der Waals surface area contributed by atoms with Gasteiger partial charge in [-0.05, 0) is 24.3 Å². The fraction of sp³-hybridized carbons (Fsp3) is 0.0769. The summed E-state index contributed by atoms with van der Waals surface area (Å²) in [6.07, 6.45) is 1.36. The molecule has 0 unspecified atom stereocenters. The van der Waals surface area contributed by atoms with E-state index in [2.05, 4.69) is 26.2 Å². The summed E-state index contributed by atoms with van der Waals surface area (Å²) in [6.45, 7) is 0. The van der Waals surface area contributed by atoms with Gasteiger partial charge in [0.25, 0.3) is 5.91 Å². The standard InChI is InChI=1S/C13H9BrCl2N2O2/c1-20-11-3-2-8(14)5-10(11)18-13(19)7-4-9(15)12(16)17-6-7/h2-6H,1H3,(H,18,19). The molecule has 0 spiro atoms. The molecule has 0 aliphatic rings. The van der Waals surface area contributed by atoms with Crippen LogP contribution in [0.2, 0.25) is 10.2 Å². The van der Waals surface area contributed by atoms with Gasteiger partial charge in [0.05, 0.1) is 23.4 Å². The Kier molecular flexibility index (Phi) is 4.86. The molecule has 1 aromatic heterocycles. The fourth-order valence-electron chi connectivity index (χ4n) is 1.52. The molecule has 0 bridgehead atoms. The lowest BCUT2D eigenvalue weighted by Gasteiger charge is -2.10.